The molecule has 1 amide bonds. The molecule has 8 heteroatoms. The number of aryl methyl sites for hydroxylation is 3. The van der Waals surface area contributed by atoms with Gasteiger partial charge in [0, 0.05) is 12.1 Å². The molecule has 0 fully saturated rings. The van der Waals surface area contributed by atoms with Gasteiger partial charge >= 0.3 is 0 Å². The van der Waals surface area contributed by atoms with Gasteiger partial charge in [0.1, 0.15) is 5.75 Å². The van der Waals surface area contributed by atoms with E-state index in [-0.39, 0.29) is 11.4 Å². The van der Waals surface area contributed by atoms with Crippen LogP contribution in [0.3, 0.4) is 0 Å². The number of anilines is 1. The van der Waals surface area contributed by atoms with Crippen molar-refractivity contribution >= 4 is 33.2 Å². The highest BCUT2D eigenvalue weighted by Gasteiger charge is 2.26. The van der Waals surface area contributed by atoms with Gasteiger partial charge < -0.3 is 10.1 Å². The lowest BCUT2D eigenvalue weighted by atomic mass is 10.1. The lowest BCUT2D eigenvalue weighted by Crippen LogP contribution is -2.35. The number of sulfonamides is 1. The first-order valence-electron chi connectivity index (χ1n) is 8.24. The van der Waals surface area contributed by atoms with Crippen LogP contribution in [0.15, 0.2) is 35.2 Å². The zero-order valence-electron chi connectivity index (χ0n) is 16.0. The second-order valence-electron chi connectivity index (χ2n) is 6.38. The number of nitrogens with zero attached hydrogens (tertiary/aromatic N) is 1. The zero-order chi connectivity index (χ0) is 20.4. The summed E-state index contributed by atoms with van der Waals surface area (Å²) in [5.41, 5.74) is 2.66. The largest absolute Gasteiger partial charge is 0.495 e. The van der Waals surface area contributed by atoms with Crippen molar-refractivity contribution in [2.75, 3.05) is 26.0 Å². The number of halogens is 1. The number of methoxy groups -OCH3 is 1. The van der Waals surface area contributed by atoms with Crippen molar-refractivity contribution in [1.29, 1.82) is 0 Å². The number of amides is 1. The molecule has 1 N–H and O–H groups in total. The lowest BCUT2D eigenvalue weighted by Gasteiger charge is -2.20. The molecule has 0 atom stereocenters. The molecule has 0 unspecified atom stereocenters. The molecular formula is C19H23ClN2O4S. The molecule has 0 aliphatic rings. The average Bonchev–Trinajstić information content (AvgIpc) is 2.53. The number of hydrogen-bond donors (Lipinski definition) is 1. The van der Waals surface area contributed by atoms with Gasteiger partial charge in [-0.15, -0.1) is 0 Å². The maximum atomic E-state index is 13.0. The minimum atomic E-state index is -3.81. The maximum absolute atomic E-state index is 13.0. The Morgan fingerprint density at radius 3 is 2.30 bits per heavy atom. The molecule has 0 saturated heterocycles. The predicted molar refractivity (Wildman–Crippen MR) is 107 cm³/mol. The number of ether oxygens (including phenoxy) is 1. The fourth-order valence-electron chi connectivity index (χ4n) is 2.98. The SMILES string of the molecule is COc1ccc(Cl)cc1NC(=O)CN(C)S(=O)(=O)c1c(C)cc(C)cc1C. The predicted octanol–water partition coefficient (Wildman–Crippen LogP) is 3.53. The Kier molecular flexibility index (Phi) is 6.51. The van der Waals surface area contributed by atoms with Crippen LogP contribution in [0.4, 0.5) is 5.69 Å². The van der Waals surface area contributed by atoms with E-state index in [0.29, 0.717) is 27.6 Å². The number of benzene rings is 2. The van der Waals surface area contributed by atoms with E-state index in [1.807, 2.05) is 19.1 Å². The van der Waals surface area contributed by atoms with Gasteiger partial charge in [-0.25, -0.2) is 8.42 Å². The number of carbonyl (C=O) groups is 1. The number of likely N-dealkylation sites (N-methyl/N-ethyl adjacent to an activating group) is 1. The van der Waals surface area contributed by atoms with Crippen molar-refractivity contribution in [3.63, 3.8) is 0 Å². The fraction of sp³-hybridized carbons (Fsp3) is 0.316. The van der Waals surface area contributed by atoms with Gasteiger partial charge in [0.15, 0.2) is 0 Å². The normalized spacial score (nSPS) is 11.5. The third kappa shape index (κ3) is 4.80. The van der Waals surface area contributed by atoms with E-state index < -0.39 is 15.9 Å². The van der Waals surface area contributed by atoms with E-state index in [1.54, 1.807) is 32.0 Å². The molecule has 0 saturated carbocycles. The first-order chi connectivity index (χ1) is 12.6. The summed E-state index contributed by atoms with van der Waals surface area (Å²) in [4.78, 5) is 12.6. The summed E-state index contributed by atoms with van der Waals surface area (Å²) in [6.45, 7) is 5.06. The second-order valence-corrected chi connectivity index (χ2v) is 8.80. The first kappa shape index (κ1) is 21.2. The molecule has 27 heavy (non-hydrogen) atoms. The summed E-state index contributed by atoms with van der Waals surface area (Å²) in [7, 11) is -0.965. The fourth-order valence-corrected chi connectivity index (χ4v) is 4.69. The van der Waals surface area contributed by atoms with Gasteiger partial charge in [-0.2, -0.15) is 4.31 Å². The van der Waals surface area contributed by atoms with E-state index in [9.17, 15) is 13.2 Å². The number of nitrogens with one attached hydrogen (secondary N) is 1. The van der Waals surface area contributed by atoms with Crippen LogP contribution in [0.25, 0.3) is 0 Å². The summed E-state index contributed by atoms with van der Waals surface area (Å²) in [6.07, 6.45) is 0. The molecule has 146 valence electrons. The molecule has 0 aliphatic carbocycles. The Morgan fingerprint density at radius 1 is 1.15 bits per heavy atom. The van der Waals surface area contributed by atoms with Crippen molar-refractivity contribution in [3.05, 3.63) is 52.0 Å². The zero-order valence-corrected chi connectivity index (χ0v) is 17.5. The molecule has 0 bridgehead atoms. The molecule has 2 aromatic carbocycles. The molecule has 2 aromatic rings. The monoisotopic (exact) mass is 410 g/mol. The topological polar surface area (TPSA) is 75.7 Å². The van der Waals surface area contributed by atoms with Crippen molar-refractivity contribution in [3.8, 4) is 5.75 Å². The Hall–Kier alpha value is -2.09. The van der Waals surface area contributed by atoms with Gasteiger partial charge in [-0.1, -0.05) is 29.3 Å². The molecule has 0 heterocycles. The number of rotatable bonds is 6. The number of hydrogen-bond acceptors (Lipinski definition) is 4. The summed E-state index contributed by atoms with van der Waals surface area (Å²) in [5, 5.41) is 3.07. The van der Waals surface area contributed by atoms with Crippen LogP contribution in [0.2, 0.25) is 5.02 Å². The lowest BCUT2D eigenvalue weighted by molar-refractivity contribution is -0.116. The third-order valence-corrected chi connectivity index (χ3v) is 6.42. The molecular weight excluding hydrogens is 388 g/mol. The van der Waals surface area contributed by atoms with E-state index in [0.717, 1.165) is 9.87 Å². The van der Waals surface area contributed by atoms with E-state index >= 15 is 0 Å². The Morgan fingerprint density at radius 2 is 1.74 bits per heavy atom. The first-order valence-corrected chi connectivity index (χ1v) is 10.1. The second kappa shape index (κ2) is 8.29. The van der Waals surface area contributed by atoms with E-state index in [4.69, 9.17) is 16.3 Å². The van der Waals surface area contributed by atoms with Crippen LogP contribution in [-0.4, -0.2) is 39.3 Å². The van der Waals surface area contributed by atoms with Gasteiger partial charge in [0.25, 0.3) is 0 Å². The van der Waals surface area contributed by atoms with Crippen LogP contribution in [-0.2, 0) is 14.8 Å². The highest BCUT2D eigenvalue weighted by molar-refractivity contribution is 7.89. The van der Waals surface area contributed by atoms with Gasteiger partial charge in [-0.05, 0) is 50.1 Å². The Balaban J connectivity index is 2.23. The van der Waals surface area contributed by atoms with Crippen molar-refractivity contribution in [2.24, 2.45) is 0 Å². The van der Waals surface area contributed by atoms with Crippen molar-refractivity contribution < 1.29 is 17.9 Å². The molecule has 6 nitrogen and oxygen atoms in total. The molecule has 2 rings (SSSR count). The minimum Gasteiger partial charge on any atom is -0.495 e. The minimum absolute atomic E-state index is 0.226. The van der Waals surface area contributed by atoms with Crippen molar-refractivity contribution in [1.82, 2.24) is 4.31 Å². The van der Waals surface area contributed by atoms with Crippen LogP contribution in [0.1, 0.15) is 16.7 Å². The van der Waals surface area contributed by atoms with Crippen molar-refractivity contribution in [2.45, 2.75) is 25.7 Å². The molecule has 0 aliphatic heterocycles. The summed E-state index contributed by atoms with van der Waals surface area (Å²) >= 11 is 5.95. The van der Waals surface area contributed by atoms with Crippen LogP contribution >= 0.6 is 11.6 Å². The van der Waals surface area contributed by atoms with Gasteiger partial charge in [0.05, 0.1) is 24.2 Å². The van der Waals surface area contributed by atoms with E-state index in [1.165, 1.54) is 14.2 Å². The smallest absolute Gasteiger partial charge is 0.243 e. The number of carbonyl (C=O) groups excluding carboxylic acids is 1. The summed E-state index contributed by atoms with van der Waals surface area (Å²) in [6, 6.07) is 8.42. The van der Waals surface area contributed by atoms with Crippen LogP contribution in [0.5, 0.6) is 5.75 Å². The summed E-state index contributed by atoms with van der Waals surface area (Å²) in [5.74, 6) is -0.0625. The van der Waals surface area contributed by atoms with E-state index in [2.05, 4.69) is 5.32 Å². The highest BCUT2D eigenvalue weighted by atomic mass is 35.5. The molecule has 0 spiro atoms. The molecule has 0 aromatic heterocycles. The van der Waals surface area contributed by atoms with Crippen LogP contribution < -0.4 is 10.1 Å². The average molecular weight is 411 g/mol. The highest BCUT2D eigenvalue weighted by Crippen LogP contribution is 2.28. The molecule has 0 radical (unpaired) electrons. The van der Waals surface area contributed by atoms with Crippen LogP contribution in [0, 0.1) is 20.8 Å². The standard InChI is InChI=1S/C19H23ClN2O4S/c1-12-8-13(2)19(14(3)9-12)27(24,25)22(4)11-18(23)21-16-10-15(20)6-7-17(16)26-5/h6-10H,11H2,1-5H3,(H,21,23). The summed E-state index contributed by atoms with van der Waals surface area (Å²) < 4.78 is 32.1. The quantitative estimate of drug-likeness (QED) is 0.790. The maximum Gasteiger partial charge on any atom is 0.243 e. The third-order valence-electron chi connectivity index (χ3n) is 4.07. The Labute approximate surface area is 165 Å². The van der Waals surface area contributed by atoms with Gasteiger partial charge in [-0.3, -0.25) is 4.79 Å². The van der Waals surface area contributed by atoms with Gasteiger partial charge in [0.2, 0.25) is 15.9 Å². The Bertz CT molecular complexity index is 951.